The molecule has 1 aliphatic rings. The summed E-state index contributed by atoms with van der Waals surface area (Å²) in [5, 5.41) is 5.98. The Morgan fingerprint density at radius 2 is 1.72 bits per heavy atom. The molecule has 0 spiro atoms. The van der Waals surface area contributed by atoms with Crippen LogP contribution in [0.5, 0.6) is 0 Å². The van der Waals surface area contributed by atoms with Crippen molar-refractivity contribution < 1.29 is 14.0 Å². The number of rotatable bonds is 2. The predicted molar refractivity (Wildman–Crippen MR) is 87.7 cm³/mol. The van der Waals surface area contributed by atoms with Crippen LogP contribution in [0.1, 0.15) is 27.3 Å². The largest absolute Gasteiger partial charge is 0.337 e. The van der Waals surface area contributed by atoms with Crippen LogP contribution in [0.15, 0.2) is 41.2 Å². The molecule has 0 atom stereocenters. The molecule has 0 bridgehead atoms. The van der Waals surface area contributed by atoms with Gasteiger partial charge in [0.1, 0.15) is 11.5 Å². The zero-order valence-electron chi connectivity index (χ0n) is 13.4. The van der Waals surface area contributed by atoms with Crippen molar-refractivity contribution in [3.63, 3.8) is 0 Å². The Balaban J connectivity index is 1.67. The normalized spacial score (nSPS) is 14.9. The first-order valence-corrected chi connectivity index (χ1v) is 7.94. The highest BCUT2D eigenvalue weighted by atomic mass is 19.1. The minimum Gasteiger partial charge on any atom is -0.337 e. The molecule has 1 aliphatic heterocycles. The Kier molecular flexibility index (Phi) is 4.87. The SMILES string of the molecule is O=C(c1cccc(F)c1)N1CCCN(C(=O)c2ccc(=O)[nH]n2)CC1. The quantitative estimate of drug-likeness (QED) is 0.877. The summed E-state index contributed by atoms with van der Waals surface area (Å²) >= 11 is 0. The van der Waals surface area contributed by atoms with Crippen molar-refractivity contribution in [1.29, 1.82) is 0 Å². The molecular formula is C17H17FN4O3. The second kappa shape index (κ2) is 7.25. The zero-order chi connectivity index (χ0) is 17.8. The number of carbonyl (C=O) groups is 2. The Labute approximate surface area is 143 Å². The van der Waals surface area contributed by atoms with Crippen LogP contribution in [0, 0.1) is 5.82 Å². The fourth-order valence-corrected chi connectivity index (χ4v) is 2.75. The highest BCUT2D eigenvalue weighted by molar-refractivity contribution is 5.94. The van der Waals surface area contributed by atoms with Gasteiger partial charge in [-0.15, -0.1) is 0 Å². The van der Waals surface area contributed by atoms with E-state index in [4.69, 9.17) is 0 Å². The van der Waals surface area contributed by atoms with Crippen molar-refractivity contribution in [1.82, 2.24) is 20.0 Å². The third-order valence-corrected chi connectivity index (χ3v) is 4.04. The summed E-state index contributed by atoms with van der Waals surface area (Å²) in [6, 6.07) is 8.19. The van der Waals surface area contributed by atoms with Crippen LogP contribution in [-0.2, 0) is 0 Å². The summed E-state index contributed by atoms with van der Waals surface area (Å²) in [4.78, 5) is 39.2. The predicted octanol–water partition coefficient (Wildman–Crippen LogP) is 0.897. The lowest BCUT2D eigenvalue weighted by atomic mass is 10.2. The maximum atomic E-state index is 13.3. The topological polar surface area (TPSA) is 86.4 Å². The van der Waals surface area contributed by atoms with E-state index < -0.39 is 5.82 Å². The number of aromatic amines is 1. The second-order valence-electron chi connectivity index (χ2n) is 5.75. The van der Waals surface area contributed by atoms with Gasteiger partial charge in [-0.2, -0.15) is 5.10 Å². The number of H-pyrrole nitrogens is 1. The number of aromatic nitrogens is 2. The molecule has 8 heteroatoms. The fourth-order valence-electron chi connectivity index (χ4n) is 2.75. The average Bonchev–Trinajstić information content (AvgIpc) is 2.87. The highest BCUT2D eigenvalue weighted by Crippen LogP contribution is 2.12. The van der Waals surface area contributed by atoms with E-state index in [-0.39, 0.29) is 23.1 Å². The molecule has 0 unspecified atom stereocenters. The average molecular weight is 344 g/mol. The van der Waals surface area contributed by atoms with Crippen molar-refractivity contribution in [2.75, 3.05) is 26.2 Å². The summed E-state index contributed by atoms with van der Waals surface area (Å²) in [6.07, 6.45) is 0.607. The molecule has 1 aromatic carbocycles. The van der Waals surface area contributed by atoms with E-state index in [0.29, 0.717) is 38.2 Å². The first-order chi connectivity index (χ1) is 12.0. The van der Waals surface area contributed by atoms with Gasteiger partial charge in [-0.1, -0.05) is 6.07 Å². The maximum absolute atomic E-state index is 13.3. The second-order valence-corrected chi connectivity index (χ2v) is 5.75. The standard InChI is InChI=1S/C17H17FN4O3/c18-13-4-1-3-12(11-13)16(24)21-7-2-8-22(10-9-21)17(25)14-5-6-15(23)20-19-14/h1,3-6,11H,2,7-10H2,(H,20,23). The first kappa shape index (κ1) is 16.8. The van der Waals surface area contributed by atoms with Crippen LogP contribution >= 0.6 is 0 Å². The molecule has 2 heterocycles. The molecule has 1 saturated heterocycles. The molecule has 2 amide bonds. The van der Waals surface area contributed by atoms with Crippen molar-refractivity contribution >= 4 is 11.8 Å². The third-order valence-electron chi connectivity index (χ3n) is 4.04. The van der Waals surface area contributed by atoms with Gasteiger partial charge >= 0.3 is 0 Å². The number of amides is 2. The van der Waals surface area contributed by atoms with Crippen molar-refractivity contribution in [3.05, 3.63) is 63.8 Å². The van der Waals surface area contributed by atoms with Gasteiger partial charge in [-0.05, 0) is 30.7 Å². The van der Waals surface area contributed by atoms with E-state index in [9.17, 15) is 18.8 Å². The number of halogens is 1. The molecule has 1 fully saturated rings. The lowest BCUT2D eigenvalue weighted by Crippen LogP contribution is -2.37. The molecule has 25 heavy (non-hydrogen) atoms. The van der Waals surface area contributed by atoms with Crippen LogP contribution in [0.4, 0.5) is 4.39 Å². The molecule has 3 rings (SSSR count). The molecule has 130 valence electrons. The number of hydrogen-bond acceptors (Lipinski definition) is 4. The number of nitrogens with one attached hydrogen (secondary N) is 1. The lowest BCUT2D eigenvalue weighted by molar-refractivity contribution is 0.0715. The van der Waals surface area contributed by atoms with Gasteiger partial charge in [0, 0.05) is 37.8 Å². The van der Waals surface area contributed by atoms with E-state index >= 15 is 0 Å². The van der Waals surface area contributed by atoms with E-state index in [1.165, 1.54) is 30.3 Å². The number of carbonyl (C=O) groups excluding carboxylic acids is 2. The third kappa shape index (κ3) is 3.90. The van der Waals surface area contributed by atoms with Crippen LogP contribution in [0.2, 0.25) is 0 Å². The molecule has 7 nitrogen and oxygen atoms in total. The maximum Gasteiger partial charge on any atom is 0.274 e. The Morgan fingerprint density at radius 3 is 2.36 bits per heavy atom. The summed E-state index contributed by atoms with van der Waals surface area (Å²) in [5.41, 5.74) is 0.0749. The van der Waals surface area contributed by atoms with Crippen LogP contribution in [0.3, 0.4) is 0 Å². The molecule has 0 radical (unpaired) electrons. The molecule has 0 saturated carbocycles. The van der Waals surface area contributed by atoms with Gasteiger partial charge in [-0.3, -0.25) is 14.4 Å². The monoisotopic (exact) mass is 344 g/mol. The van der Waals surface area contributed by atoms with Crippen molar-refractivity contribution in [2.45, 2.75) is 6.42 Å². The molecule has 0 aliphatic carbocycles. The van der Waals surface area contributed by atoms with E-state index in [1.807, 2.05) is 0 Å². The van der Waals surface area contributed by atoms with Gasteiger partial charge in [0.25, 0.3) is 17.4 Å². The minimum atomic E-state index is -0.457. The zero-order valence-corrected chi connectivity index (χ0v) is 13.4. The fraction of sp³-hybridized carbons (Fsp3) is 0.294. The molecule has 1 aromatic heterocycles. The number of nitrogens with zero attached hydrogens (tertiary/aromatic N) is 3. The number of hydrogen-bond donors (Lipinski definition) is 1. The Bertz CT molecular complexity index is 831. The van der Waals surface area contributed by atoms with Gasteiger partial charge in [0.15, 0.2) is 0 Å². The van der Waals surface area contributed by atoms with Crippen molar-refractivity contribution in [2.24, 2.45) is 0 Å². The van der Waals surface area contributed by atoms with Crippen LogP contribution in [0.25, 0.3) is 0 Å². The minimum absolute atomic E-state index is 0.157. The van der Waals surface area contributed by atoms with Gasteiger partial charge in [-0.25, -0.2) is 9.49 Å². The van der Waals surface area contributed by atoms with Crippen LogP contribution < -0.4 is 5.56 Å². The van der Waals surface area contributed by atoms with E-state index in [0.717, 1.165) is 0 Å². The lowest BCUT2D eigenvalue weighted by Gasteiger charge is -2.22. The van der Waals surface area contributed by atoms with Gasteiger partial charge < -0.3 is 9.80 Å². The van der Waals surface area contributed by atoms with Crippen LogP contribution in [-0.4, -0.2) is 58.0 Å². The highest BCUT2D eigenvalue weighted by Gasteiger charge is 2.24. The van der Waals surface area contributed by atoms with Gasteiger partial charge in [0.05, 0.1) is 0 Å². The Hall–Kier alpha value is -3.03. The number of benzene rings is 1. The summed E-state index contributed by atoms with van der Waals surface area (Å²) < 4.78 is 13.3. The summed E-state index contributed by atoms with van der Waals surface area (Å²) in [6.45, 7) is 1.66. The Morgan fingerprint density at radius 1 is 1.00 bits per heavy atom. The first-order valence-electron chi connectivity index (χ1n) is 7.94. The molecule has 2 aromatic rings. The smallest absolute Gasteiger partial charge is 0.274 e. The van der Waals surface area contributed by atoms with E-state index in [1.54, 1.807) is 15.9 Å². The summed E-state index contributed by atoms with van der Waals surface area (Å²) in [7, 11) is 0. The molecule has 1 N–H and O–H groups in total. The summed E-state index contributed by atoms with van der Waals surface area (Å²) in [5.74, 6) is -1.01. The van der Waals surface area contributed by atoms with Crippen molar-refractivity contribution in [3.8, 4) is 0 Å². The molecular weight excluding hydrogens is 327 g/mol. The van der Waals surface area contributed by atoms with Gasteiger partial charge in [0.2, 0.25) is 0 Å². The van der Waals surface area contributed by atoms with E-state index in [2.05, 4.69) is 10.2 Å².